The van der Waals surface area contributed by atoms with Crippen molar-refractivity contribution in [3.05, 3.63) is 88.6 Å². The van der Waals surface area contributed by atoms with E-state index in [0.717, 1.165) is 16.9 Å². The average molecular weight is 430 g/mol. The van der Waals surface area contributed by atoms with E-state index in [4.69, 9.17) is 9.15 Å². The van der Waals surface area contributed by atoms with Crippen LogP contribution in [0.15, 0.2) is 64.8 Å². The van der Waals surface area contributed by atoms with Crippen LogP contribution >= 0.6 is 0 Å². The first kappa shape index (κ1) is 20.1. The number of ketones is 1. The van der Waals surface area contributed by atoms with E-state index in [1.165, 1.54) is 4.90 Å². The van der Waals surface area contributed by atoms with Crippen LogP contribution in [0.25, 0.3) is 5.76 Å². The van der Waals surface area contributed by atoms with E-state index in [1.54, 1.807) is 49.6 Å². The van der Waals surface area contributed by atoms with E-state index in [9.17, 15) is 14.7 Å². The maximum atomic E-state index is 13.1. The summed E-state index contributed by atoms with van der Waals surface area (Å²) >= 11 is 0. The van der Waals surface area contributed by atoms with Crippen molar-refractivity contribution in [2.24, 2.45) is 0 Å². The number of benzene rings is 1. The van der Waals surface area contributed by atoms with Gasteiger partial charge in [-0.25, -0.2) is 0 Å². The van der Waals surface area contributed by atoms with E-state index in [2.05, 4.69) is 4.98 Å². The number of likely N-dealkylation sites (tertiary alicyclic amines) is 1. The van der Waals surface area contributed by atoms with Gasteiger partial charge in [-0.2, -0.15) is 0 Å². The Bertz CT molecular complexity index is 1240. The lowest BCUT2D eigenvalue weighted by Gasteiger charge is -2.23. The maximum absolute atomic E-state index is 13.1. The molecule has 2 aliphatic rings. The highest BCUT2D eigenvalue weighted by Gasteiger charge is 2.47. The van der Waals surface area contributed by atoms with Gasteiger partial charge >= 0.3 is 0 Å². The Morgan fingerprint density at radius 1 is 1.22 bits per heavy atom. The molecule has 1 saturated heterocycles. The Morgan fingerprint density at radius 3 is 2.78 bits per heavy atom. The van der Waals surface area contributed by atoms with Gasteiger partial charge in [-0.15, -0.1) is 0 Å². The minimum Gasteiger partial charge on any atom is -0.507 e. The molecule has 7 heteroatoms. The summed E-state index contributed by atoms with van der Waals surface area (Å²) < 4.78 is 11.5. The Kier molecular flexibility index (Phi) is 4.81. The van der Waals surface area contributed by atoms with Crippen LogP contribution in [0.3, 0.4) is 0 Å². The number of aromatic nitrogens is 1. The molecule has 1 N–H and O–H groups in total. The number of aliphatic hydroxyl groups is 1. The average Bonchev–Trinajstić information content (AvgIpc) is 3.44. The highest BCUT2D eigenvalue weighted by molar-refractivity contribution is 6.46. The maximum Gasteiger partial charge on any atom is 0.296 e. The molecule has 0 unspecified atom stereocenters. The summed E-state index contributed by atoms with van der Waals surface area (Å²) in [6, 6.07) is 11.6. The lowest BCUT2D eigenvalue weighted by Crippen LogP contribution is -2.29. The summed E-state index contributed by atoms with van der Waals surface area (Å²) in [5.41, 5.74) is 2.21. The monoisotopic (exact) mass is 430 g/mol. The van der Waals surface area contributed by atoms with Crippen LogP contribution in [0.2, 0.25) is 0 Å². The summed E-state index contributed by atoms with van der Waals surface area (Å²) in [7, 11) is 0. The van der Waals surface area contributed by atoms with Crippen LogP contribution in [0, 0.1) is 6.92 Å². The van der Waals surface area contributed by atoms with E-state index in [1.807, 2.05) is 19.1 Å². The molecule has 1 aromatic carbocycles. The third-order valence-corrected chi connectivity index (χ3v) is 5.82. The van der Waals surface area contributed by atoms with E-state index >= 15 is 0 Å². The standard InChI is InChI=1S/C25H22N2O5/c1-14-5-7-20(31-14)22-21(23(28)17-6-8-19-18(11-17)10-15(2)32-19)24(29)25(30)27(22)13-16-4-3-9-26-12-16/h3-9,11-12,15,22,28H,10,13H2,1-2H3/b23-21+/t15-,22+/m0/s1. The molecule has 0 aliphatic carbocycles. The van der Waals surface area contributed by atoms with Gasteiger partial charge in [0.2, 0.25) is 0 Å². The molecule has 0 radical (unpaired) electrons. The molecule has 0 spiro atoms. The predicted molar refractivity (Wildman–Crippen MR) is 116 cm³/mol. The van der Waals surface area contributed by atoms with Gasteiger partial charge in [-0.3, -0.25) is 14.6 Å². The Labute approximate surface area is 184 Å². The van der Waals surface area contributed by atoms with Crippen LogP contribution in [0.1, 0.15) is 41.2 Å². The van der Waals surface area contributed by atoms with Crippen LogP contribution in [0.5, 0.6) is 5.75 Å². The smallest absolute Gasteiger partial charge is 0.296 e. The first-order valence-electron chi connectivity index (χ1n) is 10.5. The van der Waals surface area contributed by atoms with Gasteiger partial charge in [0.05, 0.1) is 5.57 Å². The van der Waals surface area contributed by atoms with Gasteiger partial charge in [0.15, 0.2) is 0 Å². The molecule has 32 heavy (non-hydrogen) atoms. The van der Waals surface area contributed by atoms with Crippen molar-refractivity contribution in [3.8, 4) is 5.75 Å². The van der Waals surface area contributed by atoms with Crippen LogP contribution in [-0.2, 0) is 22.6 Å². The SMILES string of the molecule is Cc1ccc([C@@H]2/C(=C(\O)c3ccc4c(c3)C[C@H](C)O4)C(=O)C(=O)N2Cc2cccnc2)o1. The number of amides is 1. The number of carbonyl (C=O) groups excluding carboxylic acids is 2. The van der Waals surface area contributed by atoms with E-state index in [-0.39, 0.29) is 24.0 Å². The summed E-state index contributed by atoms with van der Waals surface area (Å²) in [5.74, 6) is 0.187. The van der Waals surface area contributed by atoms with Crippen molar-refractivity contribution in [2.75, 3.05) is 0 Å². The zero-order chi connectivity index (χ0) is 22.4. The summed E-state index contributed by atoms with van der Waals surface area (Å²) in [6.45, 7) is 3.93. The van der Waals surface area contributed by atoms with Gasteiger partial charge in [-0.1, -0.05) is 6.07 Å². The van der Waals surface area contributed by atoms with Crippen molar-refractivity contribution >= 4 is 17.4 Å². The molecule has 2 atom stereocenters. The molecule has 5 rings (SSSR count). The van der Waals surface area contributed by atoms with Crippen molar-refractivity contribution in [3.63, 3.8) is 0 Å². The normalized spacial score (nSPS) is 21.6. The molecule has 1 amide bonds. The summed E-state index contributed by atoms with van der Waals surface area (Å²) in [4.78, 5) is 31.6. The van der Waals surface area contributed by atoms with E-state index < -0.39 is 17.7 Å². The number of nitrogens with zero attached hydrogens (tertiary/aromatic N) is 2. The fourth-order valence-electron chi connectivity index (χ4n) is 4.35. The predicted octanol–water partition coefficient (Wildman–Crippen LogP) is 3.93. The largest absolute Gasteiger partial charge is 0.507 e. The Morgan fingerprint density at radius 2 is 2.06 bits per heavy atom. The second-order valence-electron chi connectivity index (χ2n) is 8.19. The molecule has 3 aromatic rings. The zero-order valence-electron chi connectivity index (χ0n) is 17.7. The van der Waals surface area contributed by atoms with E-state index in [0.29, 0.717) is 23.5 Å². The number of aliphatic hydroxyl groups excluding tert-OH is 1. The molecular formula is C25H22N2O5. The highest BCUT2D eigenvalue weighted by Crippen LogP contribution is 2.41. The number of furan rings is 1. The van der Waals surface area contributed by atoms with Gasteiger partial charge in [0, 0.05) is 30.9 Å². The minimum atomic E-state index is -0.840. The Hall–Kier alpha value is -3.87. The first-order chi connectivity index (χ1) is 15.4. The van der Waals surface area contributed by atoms with Crippen LogP contribution in [0.4, 0.5) is 0 Å². The fourth-order valence-corrected chi connectivity index (χ4v) is 4.35. The van der Waals surface area contributed by atoms with Crippen LogP contribution < -0.4 is 4.74 Å². The molecule has 7 nitrogen and oxygen atoms in total. The molecule has 162 valence electrons. The number of fused-ring (bicyclic) bond motifs is 1. The van der Waals surface area contributed by atoms with Crippen LogP contribution in [-0.4, -0.2) is 32.8 Å². The lowest BCUT2D eigenvalue weighted by atomic mass is 9.97. The molecule has 4 heterocycles. The number of Topliss-reactive ketones (excluding diaryl/α,β-unsaturated/α-hetero) is 1. The fraction of sp³-hybridized carbons (Fsp3) is 0.240. The number of aryl methyl sites for hydroxylation is 1. The molecule has 2 aromatic heterocycles. The molecular weight excluding hydrogens is 408 g/mol. The molecule has 1 fully saturated rings. The summed E-state index contributed by atoms with van der Waals surface area (Å²) in [5, 5.41) is 11.2. The number of carbonyl (C=O) groups is 2. The Balaban J connectivity index is 1.62. The molecule has 0 saturated carbocycles. The zero-order valence-corrected chi connectivity index (χ0v) is 17.7. The summed E-state index contributed by atoms with van der Waals surface area (Å²) in [6.07, 6.45) is 4.06. The van der Waals surface area contributed by atoms with Crippen molar-refractivity contribution in [2.45, 2.75) is 39.0 Å². The second-order valence-corrected chi connectivity index (χ2v) is 8.19. The van der Waals surface area contributed by atoms with Crippen molar-refractivity contribution in [1.29, 1.82) is 0 Å². The van der Waals surface area contributed by atoms with Crippen molar-refractivity contribution < 1.29 is 23.8 Å². The minimum absolute atomic E-state index is 0.0140. The number of pyridine rings is 1. The number of hydrogen-bond donors (Lipinski definition) is 1. The van der Waals surface area contributed by atoms with Gasteiger partial charge in [0.1, 0.15) is 35.2 Å². The van der Waals surface area contributed by atoms with Crippen molar-refractivity contribution in [1.82, 2.24) is 9.88 Å². The number of hydrogen-bond acceptors (Lipinski definition) is 6. The highest BCUT2D eigenvalue weighted by atomic mass is 16.5. The number of ether oxygens (including phenoxy) is 1. The first-order valence-corrected chi connectivity index (χ1v) is 10.5. The molecule has 2 aliphatic heterocycles. The molecule has 0 bridgehead atoms. The quantitative estimate of drug-likeness (QED) is 0.383. The van der Waals surface area contributed by atoms with Gasteiger partial charge in [0.25, 0.3) is 11.7 Å². The third kappa shape index (κ3) is 3.36. The van der Waals surface area contributed by atoms with Gasteiger partial charge in [-0.05, 0) is 61.4 Å². The topological polar surface area (TPSA) is 92.9 Å². The number of rotatable bonds is 4. The second kappa shape index (κ2) is 7.67. The lowest BCUT2D eigenvalue weighted by molar-refractivity contribution is -0.140. The third-order valence-electron chi connectivity index (χ3n) is 5.82. The van der Waals surface area contributed by atoms with Gasteiger partial charge < -0.3 is 19.2 Å².